The van der Waals surface area contributed by atoms with E-state index in [-0.39, 0.29) is 22.4 Å². The van der Waals surface area contributed by atoms with Crippen LogP contribution < -0.4 is 20.5 Å². The van der Waals surface area contributed by atoms with Crippen molar-refractivity contribution in [3.63, 3.8) is 0 Å². The molecule has 1 unspecified atom stereocenters. The van der Waals surface area contributed by atoms with Gasteiger partial charge in [0, 0.05) is 37.2 Å². The van der Waals surface area contributed by atoms with Crippen molar-refractivity contribution in [3.8, 4) is 0 Å². The number of fused-ring (bicyclic) bond motifs is 2. The molecule has 3 aromatic heterocycles. The van der Waals surface area contributed by atoms with Gasteiger partial charge in [0.15, 0.2) is 5.69 Å². The summed E-state index contributed by atoms with van der Waals surface area (Å²) in [5.41, 5.74) is 4.08. The van der Waals surface area contributed by atoms with E-state index in [1.165, 1.54) is 9.25 Å². The van der Waals surface area contributed by atoms with E-state index < -0.39 is 18.9 Å². The topological polar surface area (TPSA) is 110 Å². The van der Waals surface area contributed by atoms with E-state index in [0.29, 0.717) is 41.3 Å². The lowest BCUT2D eigenvalue weighted by Crippen LogP contribution is -2.29. The van der Waals surface area contributed by atoms with E-state index in [1.54, 1.807) is 37.7 Å². The number of aryl methyl sites for hydroxylation is 1. The summed E-state index contributed by atoms with van der Waals surface area (Å²) in [6, 6.07) is 6.67. The van der Waals surface area contributed by atoms with Crippen molar-refractivity contribution in [1.29, 1.82) is 0 Å². The van der Waals surface area contributed by atoms with Crippen LogP contribution in [0.25, 0.3) is 10.9 Å². The number of carbonyl (C=O) groups is 1. The third-order valence-electron chi connectivity index (χ3n) is 6.67. The van der Waals surface area contributed by atoms with E-state index in [4.69, 9.17) is 16.6 Å². The van der Waals surface area contributed by atoms with Crippen LogP contribution in [0.15, 0.2) is 35.3 Å². The molecule has 1 aliphatic heterocycles. The standard InChI is InChI=1S/C26H27ClF2N8O2S/c1-13-7-16(14(2)30-18-5-6-20(27)31-23(18)24(38)34-40-4)22-17(8-13)25(39)35(3)26(32-22)36-9-15-10-37(12-21(28)29)33-19(15)11-36/h5-8,10,14,21,30H,9,11-12H2,1-4H3,(H,34,38). The van der Waals surface area contributed by atoms with Gasteiger partial charge in [0.05, 0.1) is 34.9 Å². The van der Waals surface area contributed by atoms with Gasteiger partial charge < -0.3 is 10.2 Å². The number of nitrogens with one attached hydrogen (secondary N) is 2. The highest BCUT2D eigenvalue weighted by molar-refractivity contribution is 7.97. The first-order valence-corrected chi connectivity index (χ1v) is 14.0. The van der Waals surface area contributed by atoms with Crippen molar-refractivity contribution in [2.24, 2.45) is 7.05 Å². The number of amides is 1. The van der Waals surface area contributed by atoms with Crippen LogP contribution >= 0.6 is 23.5 Å². The van der Waals surface area contributed by atoms with Gasteiger partial charge in [-0.1, -0.05) is 29.6 Å². The van der Waals surface area contributed by atoms with Crippen LogP contribution in [-0.4, -0.2) is 42.9 Å². The monoisotopic (exact) mass is 588 g/mol. The second-order valence-corrected chi connectivity index (χ2v) is 10.6. The summed E-state index contributed by atoms with van der Waals surface area (Å²) in [6.07, 6.45) is 0.861. The van der Waals surface area contributed by atoms with Gasteiger partial charge in [0.2, 0.25) is 5.95 Å². The molecule has 0 saturated carbocycles. The summed E-state index contributed by atoms with van der Waals surface area (Å²) in [5.74, 6) is 0.0541. The third-order valence-corrected chi connectivity index (χ3v) is 7.27. The molecule has 0 aliphatic carbocycles. The molecular weight excluding hydrogens is 562 g/mol. The first-order valence-electron chi connectivity index (χ1n) is 12.4. The zero-order valence-electron chi connectivity index (χ0n) is 22.2. The quantitative estimate of drug-likeness (QED) is 0.229. The molecule has 4 aromatic rings. The van der Waals surface area contributed by atoms with Gasteiger partial charge in [0.1, 0.15) is 11.7 Å². The second-order valence-electron chi connectivity index (χ2n) is 9.63. The largest absolute Gasteiger partial charge is 0.377 e. The van der Waals surface area contributed by atoms with Crippen molar-refractivity contribution < 1.29 is 13.6 Å². The average Bonchev–Trinajstić information content (AvgIpc) is 3.45. The van der Waals surface area contributed by atoms with Gasteiger partial charge in [-0.15, -0.1) is 0 Å². The molecule has 0 radical (unpaired) electrons. The molecule has 0 saturated heterocycles. The van der Waals surface area contributed by atoms with Crippen molar-refractivity contribution in [1.82, 2.24) is 29.0 Å². The van der Waals surface area contributed by atoms with E-state index in [0.717, 1.165) is 28.6 Å². The number of alkyl halides is 2. The zero-order valence-corrected chi connectivity index (χ0v) is 23.8. The smallest absolute Gasteiger partial charge is 0.281 e. The van der Waals surface area contributed by atoms with Crippen LogP contribution in [-0.2, 0) is 26.7 Å². The Hall–Kier alpha value is -3.71. The Kier molecular flexibility index (Phi) is 7.69. The first kappa shape index (κ1) is 27.8. The number of nitrogens with zero attached hydrogens (tertiary/aromatic N) is 6. The van der Waals surface area contributed by atoms with Gasteiger partial charge in [0.25, 0.3) is 17.9 Å². The Balaban J connectivity index is 1.52. The van der Waals surface area contributed by atoms with Gasteiger partial charge in [-0.05, 0) is 37.6 Å². The minimum Gasteiger partial charge on any atom is -0.377 e. The number of hydrogen-bond acceptors (Lipinski definition) is 8. The predicted molar refractivity (Wildman–Crippen MR) is 152 cm³/mol. The SMILES string of the molecule is CSNC(=O)c1nc(Cl)ccc1NC(C)c1cc(C)cc2c(=O)n(C)c(N3Cc4cn(CC(F)F)nc4C3)nc12. The molecule has 4 heterocycles. The Bertz CT molecular complexity index is 1650. The summed E-state index contributed by atoms with van der Waals surface area (Å²) in [5, 5.41) is 8.28. The van der Waals surface area contributed by atoms with E-state index in [2.05, 4.69) is 20.1 Å². The summed E-state index contributed by atoms with van der Waals surface area (Å²) in [7, 11) is 1.66. The zero-order chi connectivity index (χ0) is 28.7. The Morgan fingerprint density at radius 2 is 2.00 bits per heavy atom. The lowest BCUT2D eigenvalue weighted by molar-refractivity contribution is 0.0980. The highest BCUT2D eigenvalue weighted by Gasteiger charge is 2.28. The maximum atomic E-state index is 13.5. The van der Waals surface area contributed by atoms with E-state index in [1.807, 2.05) is 24.8 Å². The number of rotatable bonds is 8. The first-order chi connectivity index (χ1) is 19.0. The molecule has 1 atom stereocenters. The van der Waals surface area contributed by atoms with Crippen LogP contribution in [0.1, 0.15) is 45.8 Å². The van der Waals surface area contributed by atoms with Crippen molar-refractivity contribution in [2.75, 3.05) is 16.5 Å². The molecule has 2 N–H and O–H groups in total. The lowest BCUT2D eigenvalue weighted by Gasteiger charge is -2.23. The molecule has 10 nitrogen and oxygen atoms in total. The summed E-state index contributed by atoms with van der Waals surface area (Å²) >= 11 is 7.22. The van der Waals surface area contributed by atoms with E-state index in [9.17, 15) is 18.4 Å². The predicted octanol–water partition coefficient (Wildman–Crippen LogP) is 4.45. The average molecular weight is 589 g/mol. The summed E-state index contributed by atoms with van der Waals surface area (Å²) in [6.45, 7) is 4.09. The highest BCUT2D eigenvalue weighted by Crippen LogP contribution is 2.31. The van der Waals surface area contributed by atoms with Crippen LogP contribution in [0.3, 0.4) is 0 Å². The molecule has 5 rings (SSSR count). The molecule has 40 heavy (non-hydrogen) atoms. The number of halogens is 3. The minimum atomic E-state index is -2.49. The number of pyridine rings is 1. The highest BCUT2D eigenvalue weighted by atomic mass is 35.5. The van der Waals surface area contributed by atoms with Gasteiger partial charge in [-0.25, -0.2) is 18.7 Å². The van der Waals surface area contributed by atoms with Crippen LogP contribution in [0.4, 0.5) is 20.4 Å². The molecular formula is C26H27ClF2N8O2S. The molecule has 0 fully saturated rings. The Labute approximate surface area is 237 Å². The molecule has 0 bridgehead atoms. The van der Waals surface area contributed by atoms with Crippen LogP contribution in [0, 0.1) is 6.92 Å². The number of benzene rings is 1. The second kappa shape index (κ2) is 11.0. The maximum Gasteiger partial charge on any atom is 0.281 e. The normalized spacial score (nSPS) is 13.7. The fourth-order valence-corrected chi connectivity index (χ4v) is 5.35. The Morgan fingerprint density at radius 3 is 2.70 bits per heavy atom. The molecule has 1 amide bonds. The number of carbonyl (C=O) groups excluding carboxylic acids is 1. The molecule has 1 aromatic carbocycles. The van der Waals surface area contributed by atoms with Crippen molar-refractivity contribution in [2.45, 2.75) is 45.9 Å². The number of anilines is 2. The van der Waals surface area contributed by atoms with E-state index >= 15 is 0 Å². The molecule has 210 valence electrons. The van der Waals surface area contributed by atoms with Crippen LogP contribution in [0.5, 0.6) is 0 Å². The lowest BCUT2D eigenvalue weighted by atomic mass is 10.0. The van der Waals surface area contributed by atoms with Crippen molar-refractivity contribution >= 4 is 52.0 Å². The van der Waals surface area contributed by atoms with Gasteiger partial charge >= 0.3 is 0 Å². The summed E-state index contributed by atoms with van der Waals surface area (Å²) in [4.78, 5) is 37.2. The third kappa shape index (κ3) is 5.35. The fraction of sp³-hybridized carbons (Fsp3) is 0.346. The number of hydrogen-bond donors (Lipinski definition) is 2. The Morgan fingerprint density at radius 1 is 1.23 bits per heavy atom. The van der Waals surface area contributed by atoms with Crippen molar-refractivity contribution in [3.05, 3.63) is 74.0 Å². The minimum absolute atomic E-state index is 0.147. The fourth-order valence-electron chi connectivity index (χ4n) is 4.92. The molecule has 0 spiro atoms. The molecule has 14 heteroatoms. The number of aromatic nitrogens is 5. The van der Waals surface area contributed by atoms with Crippen LogP contribution in [0.2, 0.25) is 5.15 Å². The van der Waals surface area contributed by atoms with Gasteiger partial charge in [-0.3, -0.25) is 23.6 Å². The maximum absolute atomic E-state index is 13.5. The van der Waals surface area contributed by atoms with Gasteiger partial charge in [-0.2, -0.15) is 5.10 Å². The summed E-state index contributed by atoms with van der Waals surface area (Å²) < 4.78 is 31.0. The molecule has 1 aliphatic rings.